The zero-order valence-electron chi connectivity index (χ0n) is 14.4. The summed E-state index contributed by atoms with van der Waals surface area (Å²) in [7, 11) is 0. The van der Waals surface area contributed by atoms with Crippen LogP contribution in [0.3, 0.4) is 0 Å². The Bertz CT molecular complexity index is 774. The predicted octanol–water partition coefficient (Wildman–Crippen LogP) is 3.95. The molecule has 3 rings (SSSR count). The van der Waals surface area contributed by atoms with Gasteiger partial charge < -0.3 is 31.3 Å². The average molecular weight is 382 g/mol. The molecule has 3 N–H and O–H groups in total. The van der Waals surface area contributed by atoms with Crippen LogP contribution in [0.25, 0.3) is 0 Å². The van der Waals surface area contributed by atoms with Crippen LogP contribution in [0.2, 0.25) is 0 Å². The molecule has 9 heteroatoms. The Hall–Kier alpha value is -3.18. The van der Waals surface area contributed by atoms with Gasteiger partial charge in [-0.2, -0.15) is 0 Å². The van der Waals surface area contributed by atoms with E-state index in [1.807, 2.05) is 0 Å². The highest BCUT2D eigenvalue weighted by atomic mass is 16.8. The molecule has 0 saturated carbocycles. The molecule has 0 heterocycles. The largest absolute Gasteiger partial charge is 0.733 e. The van der Waals surface area contributed by atoms with Crippen LogP contribution in [0, 0.1) is 15.6 Å². The second-order valence-corrected chi connectivity index (χ2v) is 6.03. The van der Waals surface area contributed by atoms with Crippen LogP contribution in [-0.2, 0) is 0 Å². The molecule has 0 amide bonds. The first kappa shape index (κ1) is 19.6. The van der Waals surface area contributed by atoms with Gasteiger partial charge >= 0.3 is 0 Å². The lowest BCUT2D eigenvalue weighted by Gasteiger charge is -2.26. The van der Waals surface area contributed by atoms with Crippen molar-refractivity contribution in [2.75, 3.05) is 15.7 Å². The molecular formula is C19H16N3O6-3. The Kier molecular flexibility index (Phi) is 5.76. The SMILES string of the molecule is [O-]N(O)c1ccc(C(c2ccc(N([O-])O)cc2)c2ccc(N([O-])O)cc2)cc1. The summed E-state index contributed by atoms with van der Waals surface area (Å²) in [6, 6.07) is 18.7. The fourth-order valence-electron chi connectivity index (χ4n) is 2.96. The van der Waals surface area contributed by atoms with Crippen LogP contribution in [0.4, 0.5) is 17.1 Å². The Morgan fingerprint density at radius 1 is 0.464 bits per heavy atom. The van der Waals surface area contributed by atoms with Crippen molar-refractivity contribution in [2.45, 2.75) is 5.92 Å². The molecule has 0 bridgehead atoms. The predicted molar refractivity (Wildman–Crippen MR) is 103 cm³/mol. The zero-order valence-corrected chi connectivity index (χ0v) is 14.4. The van der Waals surface area contributed by atoms with Crippen LogP contribution in [0.1, 0.15) is 22.6 Å². The van der Waals surface area contributed by atoms with E-state index in [2.05, 4.69) is 0 Å². The molecule has 0 aliphatic rings. The standard InChI is InChI=1S/C19H16N3O6/c23-20(24)16-7-1-13(2-8-16)19(14-3-9-17(10-4-14)21(25)26)15-5-11-18(12-6-15)22(27)28/h1-12,19,23,25,27H/q-3. The van der Waals surface area contributed by atoms with Crippen LogP contribution in [0.15, 0.2) is 72.8 Å². The molecule has 3 aromatic rings. The lowest BCUT2D eigenvalue weighted by atomic mass is 9.85. The van der Waals surface area contributed by atoms with Gasteiger partial charge in [-0.1, -0.05) is 36.4 Å². The van der Waals surface area contributed by atoms with E-state index < -0.39 is 0 Å². The molecule has 0 saturated heterocycles. The maximum atomic E-state index is 11.0. The summed E-state index contributed by atoms with van der Waals surface area (Å²) in [6.45, 7) is 0. The van der Waals surface area contributed by atoms with Crippen molar-refractivity contribution >= 4 is 17.1 Å². The van der Waals surface area contributed by atoms with Gasteiger partial charge in [0.2, 0.25) is 0 Å². The third kappa shape index (κ3) is 4.21. The van der Waals surface area contributed by atoms with Gasteiger partial charge in [0, 0.05) is 5.92 Å². The number of hydrogen-bond acceptors (Lipinski definition) is 9. The van der Waals surface area contributed by atoms with Gasteiger partial charge in [-0.25, -0.2) is 0 Å². The number of hydrogen-bond donors (Lipinski definition) is 3. The molecule has 146 valence electrons. The summed E-state index contributed by atoms with van der Waals surface area (Å²) in [4.78, 5) is 0. The van der Waals surface area contributed by atoms with Gasteiger partial charge in [0.15, 0.2) is 0 Å². The fourth-order valence-corrected chi connectivity index (χ4v) is 2.96. The van der Waals surface area contributed by atoms with Crippen LogP contribution >= 0.6 is 0 Å². The van der Waals surface area contributed by atoms with Gasteiger partial charge in [0.1, 0.15) is 0 Å². The van der Waals surface area contributed by atoms with E-state index in [-0.39, 0.29) is 38.7 Å². The van der Waals surface area contributed by atoms with E-state index in [9.17, 15) is 15.6 Å². The first-order valence-corrected chi connectivity index (χ1v) is 8.15. The van der Waals surface area contributed by atoms with Gasteiger partial charge in [-0.3, -0.25) is 15.6 Å². The summed E-state index contributed by atoms with van der Waals surface area (Å²) in [5.41, 5.74) is 2.53. The third-order valence-corrected chi connectivity index (χ3v) is 4.34. The number of rotatable bonds is 6. The Balaban J connectivity index is 2.04. The van der Waals surface area contributed by atoms with E-state index in [1.54, 1.807) is 36.4 Å². The topological polar surface area (TPSA) is 140 Å². The maximum Gasteiger partial charge on any atom is 0.0508 e. The highest BCUT2D eigenvalue weighted by Crippen LogP contribution is 2.34. The Morgan fingerprint density at radius 3 is 0.857 bits per heavy atom. The van der Waals surface area contributed by atoms with Gasteiger partial charge in [-0.05, 0) is 53.1 Å². The molecule has 0 aliphatic heterocycles. The Labute approximate surface area is 160 Å². The third-order valence-electron chi connectivity index (χ3n) is 4.34. The summed E-state index contributed by atoms with van der Waals surface area (Å²) < 4.78 is 0. The molecule has 0 atom stereocenters. The molecule has 0 aromatic heterocycles. The first-order chi connectivity index (χ1) is 13.4. The smallest absolute Gasteiger partial charge is 0.0508 e. The molecule has 0 spiro atoms. The van der Waals surface area contributed by atoms with Crippen molar-refractivity contribution in [3.05, 3.63) is 105 Å². The van der Waals surface area contributed by atoms with Gasteiger partial charge in [0.05, 0.1) is 17.1 Å². The monoisotopic (exact) mass is 382 g/mol. The summed E-state index contributed by atoms with van der Waals surface area (Å²) in [5, 5.41) is 59.4. The highest BCUT2D eigenvalue weighted by Gasteiger charge is 2.17. The van der Waals surface area contributed by atoms with Crippen molar-refractivity contribution in [3.63, 3.8) is 0 Å². The van der Waals surface area contributed by atoms with Gasteiger partial charge in [-0.15, -0.1) is 0 Å². The van der Waals surface area contributed by atoms with Crippen molar-refractivity contribution < 1.29 is 15.6 Å². The summed E-state index contributed by atoms with van der Waals surface area (Å²) in [6.07, 6.45) is 0. The molecule has 0 fully saturated rings. The normalized spacial score (nSPS) is 10.8. The van der Waals surface area contributed by atoms with E-state index in [0.29, 0.717) is 0 Å². The molecule has 3 aromatic carbocycles. The second kappa shape index (κ2) is 8.23. The van der Waals surface area contributed by atoms with Crippen molar-refractivity contribution in [2.24, 2.45) is 0 Å². The van der Waals surface area contributed by atoms with E-state index in [1.165, 1.54) is 36.4 Å². The zero-order chi connectivity index (χ0) is 20.3. The van der Waals surface area contributed by atoms with Crippen molar-refractivity contribution in [1.29, 1.82) is 0 Å². The van der Waals surface area contributed by atoms with E-state index in [0.717, 1.165) is 16.7 Å². The molecule has 28 heavy (non-hydrogen) atoms. The Morgan fingerprint density at radius 2 is 0.679 bits per heavy atom. The number of benzene rings is 3. The second-order valence-electron chi connectivity index (χ2n) is 6.03. The number of nitrogens with zero attached hydrogens (tertiary/aromatic N) is 3. The highest BCUT2D eigenvalue weighted by molar-refractivity contribution is 5.55. The molecular weight excluding hydrogens is 366 g/mol. The van der Waals surface area contributed by atoms with E-state index >= 15 is 0 Å². The minimum Gasteiger partial charge on any atom is -0.733 e. The summed E-state index contributed by atoms with van der Waals surface area (Å²) in [5.74, 6) is -0.339. The quantitative estimate of drug-likeness (QED) is 0.427. The summed E-state index contributed by atoms with van der Waals surface area (Å²) >= 11 is 0. The first-order valence-electron chi connectivity index (χ1n) is 8.15. The maximum absolute atomic E-state index is 11.0. The van der Waals surface area contributed by atoms with Crippen molar-refractivity contribution in [1.82, 2.24) is 0 Å². The minimum atomic E-state index is -0.339. The fraction of sp³-hybridized carbons (Fsp3) is 0.0526. The molecule has 0 aliphatic carbocycles. The van der Waals surface area contributed by atoms with Crippen molar-refractivity contribution in [3.8, 4) is 0 Å². The van der Waals surface area contributed by atoms with Crippen LogP contribution in [-0.4, -0.2) is 15.6 Å². The average Bonchev–Trinajstić information content (AvgIpc) is 2.69. The lowest BCUT2D eigenvalue weighted by molar-refractivity contribution is 0.296. The number of anilines is 3. The van der Waals surface area contributed by atoms with Crippen LogP contribution in [0.5, 0.6) is 0 Å². The minimum absolute atomic E-state index is 0.0674. The van der Waals surface area contributed by atoms with E-state index in [4.69, 9.17) is 15.6 Å². The molecule has 0 radical (unpaired) electrons. The molecule has 0 unspecified atom stereocenters. The van der Waals surface area contributed by atoms with Gasteiger partial charge in [0.25, 0.3) is 0 Å². The lowest BCUT2D eigenvalue weighted by Crippen LogP contribution is -2.10. The van der Waals surface area contributed by atoms with Crippen LogP contribution < -0.4 is 15.7 Å². The molecule has 9 nitrogen and oxygen atoms in total.